The molecule has 1 aromatic carbocycles. The third-order valence-electron chi connectivity index (χ3n) is 3.75. The minimum Gasteiger partial charge on any atom is -0.370 e. The van der Waals surface area contributed by atoms with E-state index in [9.17, 15) is 13.2 Å². The van der Waals surface area contributed by atoms with Crippen LogP contribution >= 0.6 is 23.6 Å². The zero-order chi connectivity index (χ0) is 17.1. The van der Waals surface area contributed by atoms with E-state index in [1.54, 1.807) is 6.08 Å². The molecule has 0 bridgehead atoms. The summed E-state index contributed by atoms with van der Waals surface area (Å²) in [7, 11) is 0. The number of halogens is 4. The largest absolute Gasteiger partial charge is 0.370 e. The highest BCUT2D eigenvalue weighted by Gasteiger charge is 2.23. The van der Waals surface area contributed by atoms with Crippen molar-refractivity contribution in [3.63, 3.8) is 0 Å². The predicted molar refractivity (Wildman–Crippen MR) is 88.8 cm³/mol. The summed E-state index contributed by atoms with van der Waals surface area (Å²) in [6.07, 6.45) is 4.27. The highest BCUT2D eigenvalue weighted by molar-refractivity contribution is 7.94. The maximum atomic E-state index is 14.4. The molecule has 0 saturated carbocycles. The Bertz CT molecular complexity index is 693. The van der Waals surface area contributed by atoms with Gasteiger partial charge in [-0.3, -0.25) is 0 Å². The second kappa shape index (κ2) is 7.67. The monoisotopic (exact) mass is 377 g/mol. The molecule has 0 aliphatic carbocycles. The van der Waals surface area contributed by atoms with Gasteiger partial charge in [-0.1, -0.05) is 11.6 Å². The van der Waals surface area contributed by atoms with E-state index >= 15 is 0 Å². The fourth-order valence-electron chi connectivity index (χ4n) is 2.56. The van der Waals surface area contributed by atoms with Crippen LogP contribution in [0.15, 0.2) is 27.9 Å². The lowest BCUT2D eigenvalue weighted by atomic mass is 10.2. The van der Waals surface area contributed by atoms with Gasteiger partial charge < -0.3 is 4.90 Å². The van der Waals surface area contributed by atoms with E-state index < -0.39 is 17.6 Å². The fourth-order valence-corrected chi connectivity index (χ4v) is 3.41. The summed E-state index contributed by atoms with van der Waals surface area (Å²) in [5.41, 5.74) is 2.70. The lowest BCUT2D eigenvalue weighted by Crippen LogP contribution is -2.19. The predicted octanol–water partition coefficient (Wildman–Crippen LogP) is 4.75. The van der Waals surface area contributed by atoms with Crippen molar-refractivity contribution in [2.75, 3.05) is 18.0 Å². The van der Waals surface area contributed by atoms with Gasteiger partial charge in [0.15, 0.2) is 11.8 Å². The Hall–Kier alpha value is -1.38. The number of hydroxylamine groups is 1. The average molecular weight is 378 g/mol. The maximum absolute atomic E-state index is 14.4. The Balaban J connectivity index is 1.69. The van der Waals surface area contributed by atoms with E-state index in [4.69, 9.17) is 15.9 Å². The lowest BCUT2D eigenvalue weighted by molar-refractivity contribution is 0.272. The van der Waals surface area contributed by atoms with Crippen LogP contribution in [0.1, 0.15) is 25.7 Å². The molecule has 4 nitrogen and oxygen atoms in total. The Morgan fingerprint density at radius 2 is 2.00 bits per heavy atom. The molecule has 0 unspecified atom stereocenters. The minimum absolute atomic E-state index is 0.134. The summed E-state index contributed by atoms with van der Waals surface area (Å²) in [6.45, 7) is 1.45. The third-order valence-corrected chi connectivity index (χ3v) is 4.81. The van der Waals surface area contributed by atoms with Gasteiger partial charge in [-0.15, -0.1) is 0 Å². The van der Waals surface area contributed by atoms with Crippen molar-refractivity contribution in [1.82, 2.24) is 5.48 Å². The molecule has 2 aliphatic heterocycles. The Morgan fingerprint density at radius 1 is 1.25 bits per heavy atom. The number of hydrogen-bond acceptors (Lipinski definition) is 5. The van der Waals surface area contributed by atoms with Gasteiger partial charge >= 0.3 is 0 Å². The second-order valence-corrected chi connectivity index (χ2v) is 6.53. The molecule has 24 heavy (non-hydrogen) atoms. The molecule has 9 heteroatoms. The summed E-state index contributed by atoms with van der Waals surface area (Å²) in [4.78, 5) is 5.07. The molecule has 1 saturated heterocycles. The van der Waals surface area contributed by atoms with Crippen LogP contribution in [0, 0.1) is 11.6 Å². The van der Waals surface area contributed by atoms with Gasteiger partial charge in [-0.05, 0) is 25.3 Å². The van der Waals surface area contributed by atoms with Crippen LogP contribution in [0.4, 0.5) is 18.9 Å². The quantitative estimate of drug-likeness (QED) is 0.456. The standard InChI is InChI=1S/C15H15ClF3N3OS/c16-13-10(22-6-1-2-7-22)8-9(17)15(14(13)19)24-23-21-12-5-3-4-11(18)20-12/h5,8,21H,1-4,6-7H2. The second-order valence-electron chi connectivity index (χ2n) is 5.41. The van der Waals surface area contributed by atoms with Gasteiger partial charge in [-0.25, -0.2) is 19.3 Å². The van der Waals surface area contributed by atoms with Crippen LogP contribution in [-0.2, 0) is 4.28 Å². The number of hydrogen-bond donors (Lipinski definition) is 1. The summed E-state index contributed by atoms with van der Waals surface area (Å²) >= 11 is 6.48. The van der Waals surface area contributed by atoms with Crippen molar-refractivity contribution in [3.8, 4) is 0 Å². The average Bonchev–Trinajstić information content (AvgIpc) is 3.08. The van der Waals surface area contributed by atoms with E-state index in [0.717, 1.165) is 25.9 Å². The van der Waals surface area contributed by atoms with E-state index in [1.165, 1.54) is 6.07 Å². The Labute approximate surface area is 146 Å². The summed E-state index contributed by atoms with van der Waals surface area (Å²) in [6, 6.07) is 1.21. The first-order valence-electron chi connectivity index (χ1n) is 7.51. The maximum Gasteiger partial charge on any atom is 0.191 e. The van der Waals surface area contributed by atoms with Crippen LogP contribution < -0.4 is 10.4 Å². The normalized spacial score (nSPS) is 17.8. The number of anilines is 1. The first-order valence-corrected chi connectivity index (χ1v) is 8.63. The number of allylic oxidation sites excluding steroid dienone is 1. The Morgan fingerprint density at radius 3 is 2.71 bits per heavy atom. The van der Waals surface area contributed by atoms with Crippen molar-refractivity contribution in [2.24, 2.45) is 4.99 Å². The highest BCUT2D eigenvalue weighted by Crippen LogP contribution is 2.38. The molecule has 0 amide bonds. The van der Waals surface area contributed by atoms with Crippen molar-refractivity contribution < 1.29 is 17.5 Å². The van der Waals surface area contributed by atoms with E-state index in [0.29, 0.717) is 24.2 Å². The molecule has 130 valence electrons. The van der Waals surface area contributed by atoms with Crippen molar-refractivity contribution in [1.29, 1.82) is 0 Å². The third kappa shape index (κ3) is 3.81. The first-order chi connectivity index (χ1) is 11.6. The molecule has 2 heterocycles. The molecule has 1 fully saturated rings. The molecule has 1 N–H and O–H groups in total. The topological polar surface area (TPSA) is 36.9 Å². The van der Waals surface area contributed by atoms with Gasteiger partial charge in [0.05, 0.1) is 17.7 Å². The summed E-state index contributed by atoms with van der Waals surface area (Å²) in [5, 5.41) is -0.134. The van der Waals surface area contributed by atoms with Gasteiger partial charge in [-0.2, -0.15) is 8.67 Å². The zero-order valence-corrected chi connectivity index (χ0v) is 14.2. The number of aliphatic imine (C=N–C) groups is 1. The van der Waals surface area contributed by atoms with Gasteiger partial charge in [0, 0.05) is 25.6 Å². The van der Waals surface area contributed by atoms with Gasteiger partial charge in [0.1, 0.15) is 21.6 Å². The van der Waals surface area contributed by atoms with Gasteiger partial charge in [0.2, 0.25) is 0 Å². The van der Waals surface area contributed by atoms with Crippen molar-refractivity contribution >= 4 is 35.3 Å². The summed E-state index contributed by atoms with van der Waals surface area (Å²) < 4.78 is 46.6. The van der Waals surface area contributed by atoms with Crippen molar-refractivity contribution in [2.45, 2.75) is 30.6 Å². The SMILES string of the molecule is FC1=NC(NOSc2c(F)cc(N3CCCC3)c(Cl)c2F)=CCC1. The smallest absolute Gasteiger partial charge is 0.191 e. The molecule has 0 radical (unpaired) electrons. The van der Waals surface area contributed by atoms with Crippen LogP contribution in [0.2, 0.25) is 5.02 Å². The lowest BCUT2D eigenvalue weighted by Gasteiger charge is -2.20. The van der Waals surface area contributed by atoms with E-state index in [1.807, 2.05) is 4.90 Å². The summed E-state index contributed by atoms with van der Waals surface area (Å²) in [5.74, 6) is -2.01. The van der Waals surface area contributed by atoms with Crippen LogP contribution in [0.5, 0.6) is 0 Å². The molecular formula is C15H15ClF3N3OS. The number of rotatable bonds is 5. The number of nitrogens with one attached hydrogen (secondary N) is 1. The van der Waals surface area contributed by atoms with Crippen LogP contribution in [-0.4, -0.2) is 19.1 Å². The van der Waals surface area contributed by atoms with Crippen molar-refractivity contribution in [3.05, 3.63) is 34.6 Å². The molecule has 2 aliphatic rings. The molecule has 1 aromatic rings. The first kappa shape index (κ1) is 17.4. The molecular weight excluding hydrogens is 363 g/mol. The molecule has 0 atom stereocenters. The van der Waals surface area contributed by atoms with E-state index in [-0.39, 0.29) is 22.2 Å². The van der Waals surface area contributed by atoms with Crippen LogP contribution in [0.25, 0.3) is 0 Å². The Kier molecular flexibility index (Phi) is 5.57. The molecule has 0 aromatic heterocycles. The molecule has 3 rings (SSSR count). The van der Waals surface area contributed by atoms with Gasteiger partial charge in [0.25, 0.3) is 0 Å². The zero-order valence-electron chi connectivity index (χ0n) is 12.6. The number of benzene rings is 1. The molecule has 0 spiro atoms. The van der Waals surface area contributed by atoms with E-state index in [2.05, 4.69) is 10.5 Å². The fraction of sp³-hybridized carbons (Fsp3) is 0.400. The number of nitrogens with zero attached hydrogens (tertiary/aromatic N) is 2. The highest BCUT2D eigenvalue weighted by atomic mass is 35.5. The minimum atomic E-state index is -0.877. The van der Waals surface area contributed by atoms with Crippen LogP contribution in [0.3, 0.4) is 0 Å².